The Labute approximate surface area is 125 Å². The topological polar surface area (TPSA) is 85.0 Å². The van der Waals surface area contributed by atoms with E-state index in [-0.39, 0.29) is 11.6 Å². The first-order chi connectivity index (χ1) is 9.97. The number of ether oxygens (including phenoxy) is 1. The normalized spacial score (nSPS) is 18.6. The number of rotatable bonds is 3. The summed E-state index contributed by atoms with van der Waals surface area (Å²) in [6.45, 7) is 0. The fourth-order valence-corrected chi connectivity index (χ4v) is 2.76. The van der Waals surface area contributed by atoms with Gasteiger partial charge in [0.05, 0.1) is 16.9 Å². The molecule has 0 bridgehead atoms. The van der Waals surface area contributed by atoms with E-state index in [4.69, 9.17) is 4.74 Å². The predicted octanol–water partition coefficient (Wildman–Crippen LogP) is 2.14. The van der Waals surface area contributed by atoms with Gasteiger partial charge in [-0.15, -0.1) is 0 Å². The van der Waals surface area contributed by atoms with Crippen molar-refractivity contribution in [3.05, 3.63) is 38.8 Å². The third-order valence-corrected chi connectivity index (χ3v) is 4.06. The van der Waals surface area contributed by atoms with Gasteiger partial charge in [0, 0.05) is 31.8 Å². The second-order valence-electron chi connectivity index (χ2n) is 4.16. The number of aliphatic imine (C=N–C) groups is 1. The van der Waals surface area contributed by atoms with Crippen molar-refractivity contribution in [2.45, 2.75) is 0 Å². The van der Waals surface area contributed by atoms with Crippen LogP contribution in [0, 0.1) is 10.1 Å². The molecule has 21 heavy (non-hydrogen) atoms. The number of nitro benzene ring substituents is 1. The minimum Gasteiger partial charge on any atom is -0.496 e. The zero-order valence-corrected chi connectivity index (χ0v) is 12.5. The Morgan fingerprint density at radius 2 is 2.19 bits per heavy atom. The van der Waals surface area contributed by atoms with Crippen LogP contribution in [0.15, 0.2) is 28.1 Å². The predicted molar refractivity (Wildman–Crippen MR) is 81.3 cm³/mol. The molecule has 2 rings (SSSR count). The smallest absolute Gasteiger partial charge is 0.270 e. The summed E-state index contributed by atoms with van der Waals surface area (Å²) in [7, 11) is 4.70. The fraction of sp³-hybridized carbons (Fsp3) is 0.231. The van der Waals surface area contributed by atoms with E-state index in [0.29, 0.717) is 21.4 Å². The maximum Gasteiger partial charge on any atom is 0.270 e. The number of amides is 1. The molecule has 1 aromatic carbocycles. The number of non-ortho nitro benzene ring substituents is 1. The van der Waals surface area contributed by atoms with Crippen molar-refractivity contribution in [2.75, 3.05) is 21.2 Å². The molecule has 0 atom stereocenters. The highest BCUT2D eigenvalue weighted by molar-refractivity contribution is 8.18. The average molecular weight is 307 g/mol. The number of hydrogen-bond acceptors (Lipinski definition) is 6. The number of amidine groups is 1. The molecule has 1 saturated heterocycles. The fourth-order valence-electron chi connectivity index (χ4n) is 1.84. The van der Waals surface area contributed by atoms with Gasteiger partial charge in [-0.25, -0.2) is 0 Å². The maximum atomic E-state index is 12.1. The number of benzene rings is 1. The zero-order chi connectivity index (χ0) is 15.6. The van der Waals surface area contributed by atoms with Crippen molar-refractivity contribution in [1.29, 1.82) is 0 Å². The number of likely N-dealkylation sites (N-methyl/N-ethyl adjacent to an activating group) is 1. The molecule has 0 unspecified atom stereocenters. The van der Waals surface area contributed by atoms with Crippen molar-refractivity contribution < 1.29 is 14.5 Å². The van der Waals surface area contributed by atoms with E-state index in [2.05, 4.69) is 4.99 Å². The number of hydrogen-bond donors (Lipinski definition) is 0. The Morgan fingerprint density at radius 1 is 1.48 bits per heavy atom. The number of methoxy groups -OCH3 is 1. The lowest BCUT2D eigenvalue weighted by molar-refractivity contribution is -0.384. The summed E-state index contributed by atoms with van der Waals surface area (Å²) >= 11 is 1.22. The SMILES string of the molecule is CN=C1S/C(=C/c2cc([N+](=O)[O-])ccc2OC)C(=O)N1C. The molecule has 1 amide bonds. The van der Waals surface area contributed by atoms with E-state index in [1.165, 1.54) is 42.0 Å². The minimum atomic E-state index is -0.490. The molecule has 8 heteroatoms. The lowest BCUT2D eigenvalue weighted by Gasteiger charge is -2.06. The lowest BCUT2D eigenvalue weighted by atomic mass is 10.1. The van der Waals surface area contributed by atoms with Crippen LogP contribution in [0.1, 0.15) is 5.56 Å². The van der Waals surface area contributed by atoms with E-state index in [0.717, 1.165) is 0 Å². The van der Waals surface area contributed by atoms with Gasteiger partial charge in [-0.2, -0.15) is 0 Å². The van der Waals surface area contributed by atoms with Crippen molar-refractivity contribution in [2.24, 2.45) is 4.99 Å². The van der Waals surface area contributed by atoms with Crippen LogP contribution in [0.4, 0.5) is 5.69 Å². The Hall–Kier alpha value is -2.35. The molecular formula is C13H13N3O4S. The second-order valence-corrected chi connectivity index (χ2v) is 5.17. The van der Waals surface area contributed by atoms with Crippen molar-refractivity contribution in [1.82, 2.24) is 4.90 Å². The van der Waals surface area contributed by atoms with Gasteiger partial charge in [0.2, 0.25) is 0 Å². The van der Waals surface area contributed by atoms with Crippen LogP contribution in [0.2, 0.25) is 0 Å². The highest BCUT2D eigenvalue weighted by Gasteiger charge is 2.30. The highest BCUT2D eigenvalue weighted by atomic mass is 32.2. The van der Waals surface area contributed by atoms with Crippen molar-refractivity contribution in [3.8, 4) is 5.75 Å². The molecule has 0 saturated carbocycles. The molecule has 0 aromatic heterocycles. The largest absolute Gasteiger partial charge is 0.496 e. The molecule has 1 aliphatic rings. The highest BCUT2D eigenvalue weighted by Crippen LogP contribution is 2.34. The summed E-state index contributed by atoms with van der Waals surface area (Å²) in [4.78, 5) is 28.3. The van der Waals surface area contributed by atoms with Gasteiger partial charge in [-0.05, 0) is 23.9 Å². The van der Waals surface area contributed by atoms with E-state index in [1.54, 1.807) is 20.2 Å². The number of nitrogens with zero attached hydrogens (tertiary/aromatic N) is 3. The maximum absolute atomic E-state index is 12.1. The van der Waals surface area contributed by atoms with E-state index in [9.17, 15) is 14.9 Å². The van der Waals surface area contributed by atoms with Gasteiger partial charge in [0.15, 0.2) is 5.17 Å². The van der Waals surface area contributed by atoms with E-state index in [1.807, 2.05) is 0 Å². The third-order valence-electron chi connectivity index (χ3n) is 2.91. The van der Waals surface area contributed by atoms with E-state index < -0.39 is 4.92 Å². The molecule has 1 heterocycles. The number of nitro groups is 1. The summed E-state index contributed by atoms with van der Waals surface area (Å²) < 4.78 is 5.17. The summed E-state index contributed by atoms with van der Waals surface area (Å²) in [5.41, 5.74) is 0.420. The van der Waals surface area contributed by atoms with Crippen LogP contribution in [-0.2, 0) is 4.79 Å². The number of carbonyl (C=O) groups is 1. The zero-order valence-electron chi connectivity index (χ0n) is 11.7. The number of carbonyl (C=O) groups excluding carboxylic acids is 1. The summed E-state index contributed by atoms with van der Waals surface area (Å²) in [5.74, 6) is 0.264. The molecule has 1 fully saturated rings. The molecular weight excluding hydrogens is 294 g/mol. The molecule has 1 aromatic rings. The quantitative estimate of drug-likeness (QED) is 0.485. The molecule has 0 spiro atoms. The average Bonchev–Trinajstić information content (AvgIpc) is 2.75. The van der Waals surface area contributed by atoms with Crippen LogP contribution in [0.3, 0.4) is 0 Å². The Kier molecular flexibility index (Phi) is 4.27. The molecule has 0 N–H and O–H groups in total. The van der Waals surface area contributed by atoms with Crippen LogP contribution in [-0.4, -0.2) is 42.1 Å². The molecule has 0 aliphatic carbocycles. The lowest BCUT2D eigenvalue weighted by Crippen LogP contribution is -2.23. The van der Waals surface area contributed by atoms with Crippen LogP contribution in [0.25, 0.3) is 6.08 Å². The first-order valence-corrected chi connectivity index (χ1v) is 6.76. The Morgan fingerprint density at radius 3 is 2.71 bits per heavy atom. The number of thioether (sulfide) groups is 1. The van der Waals surface area contributed by atoms with Gasteiger partial charge >= 0.3 is 0 Å². The molecule has 1 aliphatic heterocycles. The van der Waals surface area contributed by atoms with Crippen molar-refractivity contribution >= 4 is 34.6 Å². The minimum absolute atomic E-state index is 0.0594. The summed E-state index contributed by atoms with van der Waals surface area (Å²) in [6, 6.07) is 4.24. The van der Waals surface area contributed by atoms with Crippen LogP contribution < -0.4 is 4.74 Å². The molecule has 110 valence electrons. The first-order valence-electron chi connectivity index (χ1n) is 5.94. The summed E-state index contributed by atoms with van der Waals surface area (Å²) in [5, 5.41) is 11.4. The van der Waals surface area contributed by atoms with Crippen LogP contribution >= 0.6 is 11.8 Å². The van der Waals surface area contributed by atoms with E-state index >= 15 is 0 Å². The summed E-state index contributed by atoms with van der Waals surface area (Å²) in [6.07, 6.45) is 1.58. The van der Waals surface area contributed by atoms with Gasteiger partial charge in [0.1, 0.15) is 5.75 Å². The second kappa shape index (κ2) is 5.96. The molecule has 0 radical (unpaired) electrons. The van der Waals surface area contributed by atoms with Gasteiger partial charge in [-0.1, -0.05) is 0 Å². The van der Waals surface area contributed by atoms with Crippen LogP contribution in [0.5, 0.6) is 5.75 Å². The third kappa shape index (κ3) is 2.89. The monoisotopic (exact) mass is 307 g/mol. The molecule has 7 nitrogen and oxygen atoms in total. The van der Waals surface area contributed by atoms with Gasteiger partial charge < -0.3 is 4.74 Å². The Bertz CT molecular complexity index is 669. The first kappa shape index (κ1) is 15.0. The van der Waals surface area contributed by atoms with Gasteiger partial charge in [0.25, 0.3) is 11.6 Å². The Balaban J connectivity index is 2.47. The van der Waals surface area contributed by atoms with Crippen molar-refractivity contribution in [3.63, 3.8) is 0 Å². The standard InChI is InChI=1S/C13H13N3O4S/c1-14-13-15(2)12(17)11(21-13)7-8-6-9(16(18)19)4-5-10(8)20-3/h4-7H,1-3H3/b11-7+,14-13?. The van der Waals surface area contributed by atoms with Gasteiger partial charge in [-0.3, -0.25) is 24.8 Å².